The van der Waals surface area contributed by atoms with E-state index >= 15 is 0 Å². The lowest BCUT2D eigenvalue weighted by Gasteiger charge is -2.20. The zero-order chi connectivity index (χ0) is 14.1. The summed E-state index contributed by atoms with van der Waals surface area (Å²) in [6, 6.07) is 7.07. The van der Waals surface area contributed by atoms with E-state index in [1.165, 1.54) is 4.40 Å². The van der Waals surface area contributed by atoms with E-state index in [1.54, 1.807) is 12.3 Å². The predicted octanol–water partition coefficient (Wildman–Crippen LogP) is 0.897. The molecule has 3 rings (SSSR count). The predicted molar refractivity (Wildman–Crippen MR) is 76.5 cm³/mol. The number of rotatable bonds is 5. The summed E-state index contributed by atoms with van der Waals surface area (Å²) < 4.78 is 1.53. The first-order valence-corrected chi connectivity index (χ1v) is 6.97. The van der Waals surface area contributed by atoms with Gasteiger partial charge in [0, 0.05) is 25.4 Å². The largest absolute Gasteiger partial charge is 0.392 e. The van der Waals surface area contributed by atoms with Crippen molar-refractivity contribution in [1.82, 2.24) is 14.3 Å². The molecular formula is C15H19N3O2. The molecule has 1 aliphatic rings. The minimum absolute atomic E-state index is 0.0678. The Morgan fingerprint density at radius 3 is 3.05 bits per heavy atom. The second-order valence-electron chi connectivity index (χ2n) is 5.62. The van der Waals surface area contributed by atoms with Gasteiger partial charge < -0.3 is 5.11 Å². The van der Waals surface area contributed by atoms with Crippen molar-refractivity contribution in [2.75, 3.05) is 13.6 Å². The quantitative estimate of drug-likeness (QED) is 0.879. The third kappa shape index (κ3) is 2.89. The number of aliphatic hydroxyl groups is 1. The maximum absolute atomic E-state index is 12.0. The second kappa shape index (κ2) is 5.34. The van der Waals surface area contributed by atoms with Crippen LogP contribution >= 0.6 is 0 Å². The van der Waals surface area contributed by atoms with E-state index in [0.29, 0.717) is 24.7 Å². The monoisotopic (exact) mass is 273 g/mol. The first-order chi connectivity index (χ1) is 9.63. The van der Waals surface area contributed by atoms with E-state index in [9.17, 15) is 9.90 Å². The maximum atomic E-state index is 12.0. The maximum Gasteiger partial charge on any atom is 0.258 e. The highest BCUT2D eigenvalue weighted by Crippen LogP contribution is 2.32. The number of hydrogen-bond donors (Lipinski definition) is 1. The standard InChI is InChI=1S/C15H19N3O2/c1-17(10-13(19)11-5-6-11)9-12-8-15(20)18-7-3-2-4-14(18)16-12/h2-4,7-8,11,13,19H,5-6,9-10H2,1H3. The van der Waals surface area contributed by atoms with Crippen LogP contribution in [0.2, 0.25) is 0 Å². The van der Waals surface area contributed by atoms with Crippen molar-refractivity contribution in [1.29, 1.82) is 0 Å². The van der Waals surface area contributed by atoms with Crippen LogP contribution in [0.4, 0.5) is 0 Å². The van der Waals surface area contributed by atoms with Crippen molar-refractivity contribution in [3.63, 3.8) is 0 Å². The highest BCUT2D eigenvalue weighted by molar-refractivity contribution is 5.37. The zero-order valence-corrected chi connectivity index (χ0v) is 11.6. The summed E-state index contributed by atoms with van der Waals surface area (Å²) in [4.78, 5) is 18.5. The third-order valence-corrected chi connectivity index (χ3v) is 3.72. The van der Waals surface area contributed by atoms with Crippen molar-refractivity contribution >= 4 is 5.65 Å². The molecule has 0 bridgehead atoms. The Bertz CT molecular complexity index is 663. The smallest absolute Gasteiger partial charge is 0.258 e. The van der Waals surface area contributed by atoms with Gasteiger partial charge in [0.2, 0.25) is 0 Å². The Kier molecular flexibility index (Phi) is 3.54. The van der Waals surface area contributed by atoms with Crippen molar-refractivity contribution < 1.29 is 5.11 Å². The SMILES string of the molecule is CN(Cc1cc(=O)n2ccccc2n1)CC(O)C1CC1. The van der Waals surface area contributed by atoms with E-state index < -0.39 is 0 Å². The van der Waals surface area contributed by atoms with Crippen LogP contribution in [0.3, 0.4) is 0 Å². The zero-order valence-electron chi connectivity index (χ0n) is 11.6. The van der Waals surface area contributed by atoms with E-state index in [1.807, 2.05) is 30.1 Å². The topological polar surface area (TPSA) is 57.8 Å². The molecule has 0 amide bonds. The van der Waals surface area contributed by atoms with Crippen LogP contribution in [0.1, 0.15) is 18.5 Å². The molecule has 1 saturated carbocycles. The van der Waals surface area contributed by atoms with Crippen molar-refractivity contribution in [2.24, 2.45) is 5.92 Å². The molecule has 1 atom stereocenters. The molecule has 1 fully saturated rings. The lowest BCUT2D eigenvalue weighted by molar-refractivity contribution is 0.104. The van der Waals surface area contributed by atoms with Crippen LogP contribution in [-0.2, 0) is 6.54 Å². The molecule has 2 aromatic rings. The van der Waals surface area contributed by atoms with Gasteiger partial charge in [-0.1, -0.05) is 6.07 Å². The van der Waals surface area contributed by atoms with Crippen LogP contribution in [0, 0.1) is 5.92 Å². The Morgan fingerprint density at radius 2 is 2.30 bits per heavy atom. The van der Waals surface area contributed by atoms with Crippen LogP contribution in [0.15, 0.2) is 35.3 Å². The summed E-state index contributed by atoms with van der Waals surface area (Å²) in [5.74, 6) is 0.465. The number of fused-ring (bicyclic) bond motifs is 1. The average Bonchev–Trinajstić information content (AvgIpc) is 3.22. The fraction of sp³-hybridized carbons (Fsp3) is 0.467. The number of aromatic nitrogens is 2. The normalized spacial score (nSPS) is 16.8. The summed E-state index contributed by atoms with van der Waals surface area (Å²) in [7, 11) is 1.94. The van der Waals surface area contributed by atoms with Crippen LogP contribution in [-0.4, -0.2) is 39.1 Å². The highest BCUT2D eigenvalue weighted by Gasteiger charge is 2.30. The third-order valence-electron chi connectivity index (χ3n) is 3.72. The number of pyridine rings is 1. The molecule has 0 aromatic carbocycles. The van der Waals surface area contributed by atoms with Crippen molar-refractivity contribution in [2.45, 2.75) is 25.5 Å². The fourth-order valence-electron chi connectivity index (χ4n) is 2.47. The van der Waals surface area contributed by atoms with E-state index in [0.717, 1.165) is 18.5 Å². The van der Waals surface area contributed by atoms with Crippen LogP contribution in [0.5, 0.6) is 0 Å². The summed E-state index contributed by atoms with van der Waals surface area (Å²) in [5.41, 5.74) is 1.33. The van der Waals surface area contributed by atoms with E-state index in [4.69, 9.17) is 0 Å². The Morgan fingerprint density at radius 1 is 1.50 bits per heavy atom. The van der Waals surface area contributed by atoms with Crippen LogP contribution < -0.4 is 5.56 Å². The minimum atomic E-state index is -0.262. The molecule has 0 radical (unpaired) electrons. The van der Waals surface area contributed by atoms with Gasteiger partial charge >= 0.3 is 0 Å². The number of likely N-dealkylation sites (N-methyl/N-ethyl adjacent to an activating group) is 1. The Labute approximate surface area is 117 Å². The molecule has 20 heavy (non-hydrogen) atoms. The second-order valence-corrected chi connectivity index (χ2v) is 5.62. The molecule has 2 aromatic heterocycles. The first kappa shape index (κ1) is 13.3. The lowest BCUT2D eigenvalue weighted by Crippen LogP contribution is -2.31. The van der Waals surface area contributed by atoms with Crippen LogP contribution in [0.25, 0.3) is 5.65 Å². The summed E-state index contributed by atoms with van der Waals surface area (Å²) in [6.07, 6.45) is 3.71. The lowest BCUT2D eigenvalue weighted by atomic mass is 10.2. The minimum Gasteiger partial charge on any atom is -0.392 e. The summed E-state index contributed by atoms with van der Waals surface area (Å²) >= 11 is 0. The molecule has 5 nitrogen and oxygen atoms in total. The highest BCUT2D eigenvalue weighted by atomic mass is 16.3. The molecule has 0 spiro atoms. The molecule has 106 valence electrons. The summed E-state index contributed by atoms with van der Waals surface area (Å²) in [5, 5.41) is 9.94. The van der Waals surface area contributed by atoms with Gasteiger partial charge in [-0.05, 0) is 37.9 Å². The van der Waals surface area contributed by atoms with Gasteiger partial charge in [-0.2, -0.15) is 0 Å². The van der Waals surface area contributed by atoms with Crippen molar-refractivity contribution in [3.8, 4) is 0 Å². The molecule has 1 aliphatic carbocycles. The molecule has 0 aliphatic heterocycles. The molecule has 5 heteroatoms. The molecule has 1 unspecified atom stereocenters. The van der Waals surface area contributed by atoms with Gasteiger partial charge in [-0.25, -0.2) is 4.98 Å². The molecule has 2 heterocycles. The van der Waals surface area contributed by atoms with E-state index in [2.05, 4.69) is 4.98 Å². The molecule has 1 N–H and O–H groups in total. The summed E-state index contributed by atoms with van der Waals surface area (Å²) in [6.45, 7) is 1.20. The fourth-order valence-corrected chi connectivity index (χ4v) is 2.47. The van der Waals surface area contributed by atoms with Gasteiger partial charge in [-0.3, -0.25) is 14.1 Å². The van der Waals surface area contributed by atoms with E-state index in [-0.39, 0.29) is 11.7 Å². The molecule has 0 saturated heterocycles. The number of nitrogens with zero attached hydrogens (tertiary/aromatic N) is 3. The molecular weight excluding hydrogens is 254 g/mol. The Hall–Kier alpha value is -1.72. The number of aliphatic hydroxyl groups excluding tert-OH is 1. The van der Waals surface area contributed by atoms with Gasteiger partial charge in [0.15, 0.2) is 0 Å². The van der Waals surface area contributed by atoms with Gasteiger partial charge in [0.05, 0.1) is 11.8 Å². The first-order valence-electron chi connectivity index (χ1n) is 6.97. The Balaban J connectivity index is 1.75. The van der Waals surface area contributed by atoms with Gasteiger partial charge in [0.25, 0.3) is 5.56 Å². The number of hydrogen-bond acceptors (Lipinski definition) is 4. The van der Waals surface area contributed by atoms with Gasteiger partial charge in [-0.15, -0.1) is 0 Å². The average molecular weight is 273 g/mol. The van der Waals surface area contributed by atoms with Gasteiger partial charge in [0.1, 0.15) is 5.65 Å². The van der Waals surface area contributed by atoms with Crippen molar-refractivity contribution in [3.05, 3.63) is 46.5 Å².